The average molecular weight is 289 g/mol. The first kappa shape index (κ1) is 13.3. The molecule has 1 amide bonds. The van der Waals surface area contributed by atoms with Crippen LogP contribution in [0.25, 0.3) is 0 Å². The van der Waals surface area contributed by atoms with Crippen LogP contribution in [0.15, 0.2) is 0 Å². The van der Waals surface area contributed by atoms with E-state index in [1.54, 1.807) is 6.92 Å². The first-order chi connectivity index (χ1) is 8.65. The number of carbonyl (C=O) groups excluding carboxylic acids is 2. The number of ether oxygens (including phenoxy) is 1. The largest absolute Gasteiger partial charge is 0.465 e. The number of nitrogens with one attached hydrogen (secondary N) is 1. The standard InChI is InChI=1S/C11H13ClN2O3S/c1-2-17-10(16)6-3-4-7-9(6)14-11(18-7)13-8(15)5-12/h6H,2-5H2,1H3,(H,13,14,15)/t6-/m1/s1. The number of amides is 1. The third-order valence-electron chi connectivity index (χ3n) is 2.66. The number of halogens is 1. The van der Waals surface area contributed by atoms with Gasteiger partial charge in [-0.25, -0.2) is 4.98 Å². The van der Waals surface area contributed by atoms with Crippen LogP contribution < -0.4 is 5.32 Å². The summed E-state index contributed by atoms with van der Waals surface area (Å²) < 4.78 is 5.01. The summed E-state index contributed by atoms with van der Waals surface area (Å²) in [5.74, 6) is -0.933. The highest BCUT2D eigenvalue weighted by atomic mass is 35.5. The first-order valence-corrected chi connectivity index (χ1v) is 7.02. The van der Waals surface area contributed by atoms with Gasteiger partial charge in [-0.3, -0.25) is 9.59 Å². The fourth-order valence-corrected chi connectivity index (χ4v) is 3.03. The number of aryl methyl sites for hydroxylation is 1. The summed E-state index contributed by atoms with van der Waals surface area (Å²) in [6.45, 7) is 2.14. The molecule has 0 radical (unpaired) electrons. The lowest BCUT2D eigenvalue weighted by Gasteiger charge is -2.07. The number of nitrogens with zero attached hydrogens (tertiary/aromatic N) is 1. The van der Waals surface area contributed by atoms with Gasteiger partial charge in [0.15, 0.2) is 5.13 Å². The third-order valence-corrected chi connectivity index (χ3v) is 3.95. The van der Waals surface area contributed by atoms with Gasteiger partial charge in [-0.05, 0) is 19.8 Å². The molecule has 1 atom stereocenters. The number of carbonyl (C=O) groups is 2. The van der Waals surface area contributed by atoms with Gasteiger partial charge < -0.3 is 10.1 Å². The maximum absolute atomic E-state index is 11.7. The molecule has 1 heterocycles. The van der Waals surface area contributed by atoms with Gasteiger partial charge in [0.05, 0.1) is 12.3 Å². The van der Waals surface area contributed by atoms with Gasteiger partial charge in [-0.2, -0.15) is 0 Å². The van der Waals surface area contributed by atoms with Crippen molar-refractivity contribution in [3.8, 4) is 0 Å². The summed E-state index contributed by atoms with van der Waals surface area (Å²) in [4.78, 5) is 28.2. The number of fused-ring (bicyclic) bond motifs is 1. The molecule has 0 fully saturated rings. The maximum Gasteiger partial charge on any atom is 0.315 e. The Morgan fingerprint density at radius 2 is 2.39 bits per heavy atom. The quantitative estimate of drug-likeness (QED) is 0.679. The Morgan fingerprint density at radius 1 is 1.61 bits per heavy atom. The van der Waals surface area contributed by atoms with E-state index in [9.17, 15) is 9.59 Å². The summed E-state index contributed by atoms with van der Waals surface area (Å²) in [7, 11) is 0. The van der Waals surface area contributed by atoms with Gasteiger partial charge in [-0.15, -0.1) is 22.9 Å². The van der Waals surface area contributed by atoms with Crippen LogP contribution >= 0.6 is 22.9 Å². The number of anilines is 1. The zero-order valence-electron chi connectivity index (χ0n) is 9.86. The second kappa shape index (κ2) is 5.67. The first-order valence-electron chi connectivity index (χ1n) is 5.67. The van der Waals surface area contributed by atoms with E-state index < -0.39 is 0 Å². The van der Waals surface area contributed by atoms with E-state index in [2.05, 4.69) is 10.3 Å². The second-order valence-corrected chi connectivity index (χ2v) is 5.20. The predicted molar refractivity (Wildman–Crippen MR) is 69.2 cm³/mol. The van der Waals surface area contributed by atoms with Crippen LogP contribution in [0.2, 0.25) is 0 Å². The smallest absolute Gasteiger partial charge is 0.315 e. The number of esters is 1. The number of aromatic nitrogens is 1. The molecule has 0 bridgehead atoms. The zero-order chi connectivity index (χ0) is 13.1. The molecule has 7 heteroatoms. The number of hydrogen-bond donors (Lipinski definition) is 1. The van der Waals surface area contributed by atoms with Crippen LogP contribution in [0.1, 0.15) is 29.8 Å². The van der Waals surface area contributed by atoms with E-state index in [0.29, 0.717) is 11.7 Å². The molecule has 5 nitrogen and oxygen atoms in total. The maximum atomic E-state index is 11.7. The third kappa shape index (κ3) is 2.64. The van der Waals surface area contributed by atoms with Crippen molar-refractivity contribution in [2.24, 2.45) is 0 Å². The minimum atomic E-state index is -0.295. The Kier molecular flexibility index (Phi) is 4.19. The van der Waals surface area contributed by atoms with Gasteiger partial charge in [0.2, 0.25) is 5.91 Å². The Labute approximate surface area is 113 Å². The monoisotopic (exact) mass is 288 g/mol. The van der Waals surface area contributed by atoms with Gasteiger partial charge in [-0.1, -0.05) is 0 Å². The second-order valence-electron chi connectivity index (χ2n) is 3.85. The number of alkyl halides is 1. The summed E-state index contributed by atoms with van der Waals surface area (Å²) in [6, 6.07) is 0. The van der Waals surface area contributed by atoms with Crippen LogP contribution in [0.4, 0.5) is 5.13 Å². The lowest BCUT2D eigenvalue weighted by molar-refractivity contribution is -0.145. The highest BCUT2D eigenvalue weighted by Crippen LogP contribution is 2.38. The minimum Gasteiger partial charge on any atom is -0.465 e. The van der Waals surface area contributed by atoms with E-state index in [0.717, 1.165) is 23.4 Å². The van der Waals surface area contributed by atoms with Crippen LogP contribution in [0.5, 0.6) is 0 Å². The molecule has 1 aromatic heterocycles. The highest BCUT2D eigenvalue weighted by molar-refractivity contribution is 7.16. The molecule has 1 N–H and O–H groups in total. The number of hydrogen-bond acceptors (Lipinski definition) is 5. The van der Waals surface area contributed by atoms with E-state index in [1.807, 2.05) is 0 Å². The van der Waals surface area contributed by atoms with Crippen molar-refractivity contribution in [2.75, 3.05) is 17.8 Å². The van der Waals surface area contributed by atoms with Gasteiger partial charge in [0, 0.05) is 4.88 Å². The molecular formula is C11H13ClN2O3S. The van der Waals surface area contributed by atoms with E-state index in [-0.39, 0.29) is 23.7 Å². The molecule has 2 rings (SSSR count). The van der Waals surface area contributed by atoms with Crippen molar-refractivity contribution in [2.45, 2.75) is 25.7 Å². The van der Waals surface area contributed by atoms with Crippen molar-refractivity contribution >= 4 is 39.9 Å². The SMILES string of the molecule is CCOC(=O)[C@@H]1CCc2sc(NC(=O)CCl)nc21. The minimum absolute atomic E-state index is 0.106. The molecule has 1 aromatic rings. The van der Waals surface area contributed by atoms with E-state index in [1.165, 1.54) is 11.3 Å². The fourth-order valence-electron chi connectivity index (χ4n) is 1.91. The molecule has 1 aliphatic carbocycles. The lowest BCUT2D eigenvalue weighted by Crippen LogP contribution is -2.15. The zero-order valence-corrected chi connectivity index (χ0v) is 11.4. The fraction of sp³-hybridized carbons (Fsp3) is 0.545. The number of thiazole rings is 1. The summed E-state index contributed by atoms with van der Waals surface area (Å²) >= 11 is 6.80. The average Bonchev–Trinajstić information content (AvgIpc) is 2.88. The summed E-state index contributed by atoms with van der Waals surface area (Å²) in [5.41, 5.74) is 0.739. The Morgan fingerprint density at radius 3 is 3.06 bits per heavy atom. The Balaban J connectivity index is 2.12. The van der Waals surface area contributed by atoms with Crippen LogP contribution in [0, 0.1) is 0 Å². The Hall–Kier alpha value is -1.14. The molecule has 0 aromatic carbocycles. The van der Waals surface area contributed by atoms with Gasteiger partial charge >= 0.3 is 5.97 Å². The normalized spacial score (nSPS) is 17.3. The van der Waals surface area contributed by atoms with Crippen molar-refractivity contribution < 1.29 is 14.3 Å². The molecular weight excluding hydrogens is 276 g/mol. The molecule has 0 saturated heterocycles. The molecule has 0 saturated carbocycles. The molecule has 0 aliphatic heterocycles. The van der Waals surface area contributed by atoms with Crippen LogP contribution in [0.3, 0.4) is 0 Å². The molecule has 0 unspecified atom stereocenters. The van der Waals surface area contributed by atoms with E-state index in [4.69, 9.17) is 16.3 Å². The molecule has 1 aliphatic rings. The van der Waals surface area contributed by atoms with Crippen molar-refractivity contribution in [3.63, 3.8) is 0 Å². The number of rotatable bonds is 4. The molecule has 98 valence electrons. The predicted octanol–water partition coefficient (Wildman–Crippen LogP) is 1.91. The summed E-state index contributed by atoms with van der Waals surface area (Å²) in [5, 5.41) is 3.10. The lowest BCUT2D eigenvalue weighted by atomic mass is 10.1. The van der Waals surface area contributed by atoms with Gasteiger partial charge in [0.25, 0.3) is 0 Å². The van der Waals surface area contributed by atoms with Gasteiger partial charge in [0.1, 0.15) is 11.8 Å². The van der Waals surface area contributed by atoms with Crippen molar-refractivity contribution in [3.05, 3.63) is 10.6 Å². The van der Waals surface area contributed by atoms with Crippen LogP contribution in [-0.4, -0.2) is 29.3 Å². The van der Waals surface area contributed by atoms with Crippen molar-refractivity contribution in [1.82, 2.24) is 4.98 Å². The van der Waals surface area contributed by atoms with E-state index >= 15 is 0 Å². The van der Waals surface area contributed by atoms with Crippen LogP contribution in [-0.2, 0) is 20.7 Å². The highest BCUT2D eigenvalue weighted by Gasteiger charge is 2.33. The van der Waals surface area contributed by atoms with Crippen molar-refractivity contribution in [1.29, 1.82) is 0 Å². The molecule has 18 heavy (non-hydrogen) atoms. The molecule has 0 spiro atoms. The summed E-state index contributed by atoms with van der Waals surface area (Å²) in [6.07, 6.45) is 1.53. The topological polar surface area (TPSA) is 68.3 Å². The Bertz CT molecular complexity index is 475.